The molecule has 2 aromatic heterocycles. The molecule has 3 aromatic rings. The third-order valence-electron chi connectivity index (χ3n) is 3.22. The molecular formula is C19H21N3O. The Hall–Kier alpha value is -2.75. The van der Waals surface area contributed by atoms with Crippen molar-refractivity contribution in [2.45, 2.75) is 20.8 Å². The number of nitrogens with zero attached hydrogens (tertiary/aromatic N) is 3. The van der Waals surface area contributed by atoms with Crippen molar-refractivity contribution < 1.29 is 4.74 Å². The normalized spacial score (nSPS) is 10.4. The van der Waals surface area contributed by atoms with Crippen LogP contribution in [-0.2, 0) is 0 Å². The molecule has 0 spiro atoms. The Balaban J connectivity index is 0.000000924. The maximum absolute atomic E-state index is 5.24. The van der Waals surface area contributed by atoms with Crippen LogP contribution in [0, 0.1) is 6.92 Å². The van der Waals surface area contributed by atoms with Crippen molar-refractivity contribution in [3.05, 3.63) is 59.8 Å². The number of hydrogen-bond acceptors (Lipinski definition) is 4. The van der Waals surface area contributed by atoms with Gasteiger partial charge in [0, 0.05) is 29.5 Å². The molecule has 118 valence electrons. The largest absolute Gasteiger partial charge is 0.497 e. The second kappa shape index (κ2) is 8.03. The molecule has 0 bridgehead atoms. The van der Waals surface area contributed by atoms with Crippen molar-refractivity contribution in [1.29, 1.82) is 0 Å². The molecule has 0 amide bonds. The van der Waals surface area contributed by atoms with Crippen LogP contribution in [-0.4, -0.2) is 22.1 Å². The topological polar surface area (TPSA) is 47.9 Å². The molecule has 0 aliphatic heterocycles. The molecule has 1 aromatic carbocycles. The summed E-state index contributed by atoms with van der Waals surface area (Å²) >= 11 is 0. The van der Waals surface area contributed by atoms with Gasteiger partial charge in [-0.3, -0.25) is 4.98 Å². The molecule has 0 aliphatic carbocycles. The molecule has 23 heavy (non-hydrogen) atoms. The molecule has 0 aliphatic rings. The first-order valence-corrected chi connectivity index (χ1v) is 7.67. The van der Waals surface area contributed by atoms with E-state index >= 15 is 0 Å². The molecule has 0 N–H and O–H groups in total. The summed E-state index contributed by atoms with van der Waals surface area (Å²) in [6, 6.07) is 9.71. The number of ether oxygens (including phenoxy) is 1. The van der Waals surface area contributed by atoms with Crippen LogP contribution in [0.1, 0.15) is 30.9 Å². The maximum Gasteiger partial charge on any atom is 0.152 e. The van der Waals surface area contributed by atoms with E-state index in [0.717, 1.165) is 27.9 Å². The zero-order chi connectivity index (χ0) is 16.7. The standard InChI is InChI=1S/C17H15N3O.C2H6/c1-12-15-7-6-14(21-2)10-16(15)20-17(19-12)8-5-13-4-3-9-18-11-13;1-2/h3-11H,1-2H3;1-2H3/b8-5+;. The van der Waals surface area contributed by atoms with Crippen molar-refractivity contribution in [2.75, 3.05) is 7.11 Å². The van der Waals surface area contributed by atoms with Crippen LogP contribution in [0.25, 0.3) is 23.1 Å². The Bertz CT molecular complexity index is 798. The van der Waals surface area contributed by atoms with Gasteiger partial charge in [-0.2, -0.15) is 0 Å². The van der Waals surface area contributed by atoms with Crippen LogP contribution in [0.15, 0.2) is 42.7 Å². The average molecular weight is 307 g/mol. The summed E-state index contributed by atoms with van der Waals surface area (Å²) in [5.41, 5.74) is 2.85. The zero-order valence-corrected chi connectivity index (χ0v) is 13.9. The molecule has 3 rings (SSSR count). The van der Waals surface area contributed by atoms with Gasteiger partial charge >= 0.3 is 0 Å². The summed E-state index contributed by atoms with van der Waals surface area (Å²) in [6.45, 7) is 5.98. The number of hydrogen-bond donors (Lipinski definition) is 0. The highest BCUT2D eigenvalue weighted by Crippen LogP contribution is 2.21. The van der Waals surface area contributed by atoms with Gasteiger partial charge in [-0.25, -0.2) is 9.97 Å². The van der Waals surface area contributed by atoms with E-state index in [0.29, 0.717) is 5.82 Å². The molecular weight excluding hydrogens is 286 g/mol. The minimum absolute atomic E-state index is 0.678. The molecule has 0 radical (unpaired) electrons. The summed E-state index contributed by atoms with van der Waals surface area (Å²) < 4.78 is 5.24. The number of methoxy groups -OCH3 is 1. The van der Waals surface area contributed by atoms with Crippen molar-refractivity contribution in [3.8, 4) is 5.75 Å². The summed E-state index contributed by atoms with van der Waals surface area (Å²) in [7, 11) is 1.65. The van der Waals surface area contributed by atoms with Gasteiger partial charge in [0.15, 0.2) is 5.82 Å². The lowest BCUT2D eigenvalue weighted by Crippen LogP contribution is -1.94. The van der Waals surface area contributed by atoms with Crippen LogP contribution < -0.4 is 4.74 Å². The third kappa shape index (κ3) is 4.13. The van der Waals surface area contributed by atoms with E-state index in [1.54, 1.807) is 19.5 Å². The highest BCUT2D eigenvalue weighted by molar-refractivity contribution is 5.83. The molecule has 0 saturated heterocycles. The van der Waals surface area contributed by atoms with Crippen molar-refractivity contribution in [1.82, 2.24) is 15.0 Å². The van der Waals surface area contributed by atoms with E-state index < -0.39 is 0 Å². The molecule has 0 saturated carbocycles. The van der Waals surface area contributed by atoms with Crippen LogP contribution in [0.4, 0.5) is 0 Å². The van der Waals surface area contributed by atoms with Gasteiger partial charge < -0.3 is 4.74 Å². The minimum Gasteiger partial charge on any atom is -0.497 e. The van der Waals surface area contributed by atoms with Gasteiger partial charge in [0.1, 0.15) is 5.75 Å². The average Bonchev–Trinajstić information content (AvgIpc) is 2.62. The van der Waals surface area contributed by atoms with E-state index in [2.05, 4.69) is 15.0 Å². The van der Waals surface area contributed by atoms with Gasteiger partial charge in [0.2, 0.25) is 0 Å². The molecule has 2 heterocycles. The van der Waals surface area contributed by atoms with E-state index in [1.807, 2.05) is 63.3 Å². The first-order valence-electron chi connectivity index (χ1n) is 7.67. The number of aryl methyl sites for hydroxylation is 1. The summed E-state index contributed by atoms with van der Waals surface area (Å²) in [5.74, 6) is 1.47. The third-order valence-corrected chi connectivity index (χ3v) is 3.22. The quantitative estimate of drug-likeness (QED) is 0.713. The number of aromatic nitrogens is 3. The Morgan fingerprint density at radius 1 is 1.04 bits per heavy atom. The van der Waals surface area contributed by atoms with Crippen LogP contribution in [0.5, 0.6) is 5.75 Å². The molecule has 4 heteroatoms. The molecule has 0 atom stereocenters. The second-order valence-corrected chi connectivity index (χ2v) is 4.67. The van der Waals surface area contributed by atoms with Gasteiger partial charge in [0.05, 0.1) is 12.6 Å². The first-order chi connectivity index (χ1) is 11.3. The summed E-state index contributed by atoms with van der Waals surface area (Å²) in [5, 5.41) is 1.04. The highest BCUT2D eigenvalue weighted by atomic mass is 16.5. The maximum atomic E-state index is 5.24. The van der Waals surface area contributed by atoms with E-state index in [1.165, 1.54) is 0 Å². The van der Waals surface area contributed by atoms with Crippen molar-refractivity contribution >= 4 is 23.1 Å². The SMILES string of the molecule is CC.COc1ccc2c(C)nc(/C=C/c3cccnc3)nc2c1. The predicted octanol–water partition coefficient (Wildman–Crippen LogP) is 4.54. The monoisotopic (exact) mass is 307 g/mol. The summed E-state index contributed by atoms with van der Waals surface area (Å²) in [4.78, 5) is 13.2. The molecule has 0 fully saturated rings. The van der Waals surface area contributed by atoms with Crippen LogP contribution >= 0.6 is 0 Å². The van der Waals surface area contributed by atoms with Gasteiger partial charge in [0.25, 0.3) is 0 Å². The van der Waals surface area contributed by atoms with Crippen LogP contribution in [0.3, 0.4) is 0 Å². The van der Waals surface area contributed by atoms with Crippen molar-refractivity contribution in [2.24, 2.45) is 0 Å². The Labute approximate surface area is 136 Å². The van der Waals surface area contributed by atoms with E-state index in [9.17, 15) is 0 Å². The lowest BCUT2D eigenvalue weighted by Gasteiger charge is -2.05. The lowest BCUT2D eigenvalue weighted by molar-refractivity contribution is 0.415. The smallest absolute Gasteiger partial charge is 0.152 e. The lowest BCUT2D eigenvalue weighted by atomic mass is 10.2. The predicted molar refractivity (Wildman–Crippen MR) is 95.3 cm³/mol. The Morgan fingerprint density at radius 3 is 2.57 bits per heavy atom. The fourth-order valence-electron chi connectivity index (χ4n) is 2.14. The Morgan fingerprint density at radius 2 is 1.87 bits per heavy atom. The first kappa shape index (κ1) is 16.6. The molecule has 4 nitrogen and oxygen atoms in total. The van der Waals surface area contributed by atoms with Crippen molar-refractivity contribution in [3.63, 3.8) is 0 Å². The summed E-state index contributed by atoms with van der Waals surface area (Å²) in [6.07, 6.45) is 7.39. The van der Waals surface area contributed by atoms with E-state index in [-0.39, 0.29) is 0 Å². The van der Waals surface area contributed by atoms with Gasteiger partial charge in [-0.15, -0.1) is 0 Å². The highest BCUT2D eigenvalue weighted by Gasteiger charge is 2.04. The zero-order valence-electron chi connectivity index (χ0n) is 13.9. The second-order valence-electron chi connectivity index (χ2n) is 4.67. The van der Waals surface area contributed by atoms with Gasteiger partial charge in [-0.1, -0.05) is 19.9 Å². The number of benzene rings is 1. The number of pyridine rings is 1. The van der Waals surface area contributed by atoms with Gasteiger partial charge in [-0.05, 0) is 42.8 Å². The molecule has 0 unspecified atom stereocenters. The van der Waals surface area contributed by atoms with E-state index in [4.69, 9.17) is 4.74 Å². The number of fused-ring (bicyclic) bond motifs is 1. The fraction of sp³-hybridized carbons (Fsp3) is 0.211. The fourth-order valence-corrected chi connectivity index (χ4v) is 2.14. The minimum atomic E-state index is 0.678. The Kier molecular flexibility index (Phi) is 5.80. The van der Waals surface area contributed by atoms with Crippen LogP contribution in [0.2, 0.25) is 0 Å². The number of rotatable bonds is 3.